The van der Waals surface area contributed by atoms with Gasteiger partial charge < -0.3 is 20.1 Å². The summed E-state index contributed by atoms with van der Waals surface area (Å²) in [7, 11) is 1.40. The number of aromatic amines is 1. The molecule has 0 aliphatic carbocycles. The van der Waals surface area contributed by atoms with Crippen LogP contribution >= 0.6 is 0 Å². The Morgan fingerprint density at radius 1 is 1.22 bits per heavy atom. The molecule has 6 nitrogen and oxygen atoms in total. The molecule has 0 radical (unpaired) electrons. The van der Waals surface area contributed by atoms with Gasteiger partial charge in [-0.15, -0.1) is 0 Å². The van der Waals surface area contributed by atoms with Crippen LogP contribution in [0.25, 0.3) is 22.2 Å². The number of para-hydroxylation sites is 1. The van der Waals surface area contributed by atoms with Crippen LogP contribution < -0.4 is 10.1 Å². The molecule has 0 fully saturated rings. The molecular formula is C25H24FN3O3. The van der Waals surface area contributed by atoms with Crippen molar-refractivity contribution in [3.05, 3.63) is 83.4 Å². The van der Waals surface area contributed by atoms with Crippen LogP contribution in [0.2, 0.25) is 0 Å². The molecule has 2 aromatic carbocycles. The molecule has 0 bridgehead atoms. The van der Waals surface area contributed by atoms with Gasteiger partial charge in [-0.2, -0.15) is 0 Å². The lowest BCUT2D eigenvalue weighted by molar-refractivity contribution is 0.0916. The summed E-state index contributed by atoms with van der Waals surface area (Å²) in [4.78, 5) is 20.6. The lowest BCUT2D eigenvalue weighted by atomic mass is 10.0. The summed E-state index contributed by atoms with van der Waals surface area (Å²) in [6.45, 7) is 1.57. The Kier molecular flexibility index (Phi) is 6.18. The Balaban J connectivity index is 1.55. The number of aliphatic hydroxyl groups excluding tert-OH is 1. The normalized spacial score (nSPS) is 12.0. The first-order valence-corrected chi connectivity index (χ1v) is 10.3. The second-order valence-electron chi connectivity index (χ2n) is 7.65. The first-order valence-electron chi connectivity index (χ1n) is 10.3. The molecule has 2 heterocycles. The Labute approximate surface area is 185 Å². The first kappa shape index (κ1) is 21.5. The third-order valence-corrected chi connectivity index (χ3v) is 5.36. The number of hydrogen-bond acceptors (Lipinski definition) is 4. The van der Waals surface area contributed by atoms with E-state index in [1.54, 1.807) is 25.1 Å². The summed E-state index contributed by atoms with van der Waals surface area (Å²) < 4.78 is 19.1. The van der Waals surface area contributed by atoms with Crippen molar-refractivity contribution >= 4 is 16.8 Å². The number of H-pyrrole nitrogens is 1. The van der Waals surface area contributed by atoms with E-state index in [0.29, 0.717) is 28.9 Å². The zero-order valence-corrected chi connectivity index (χ0v) is 17.9. The largest absolute Gasteiger partial charge is 0.494 e. The summed E-state index contributed by atoms with van der Waals surface area (Å²) in [5.74, 6) is -0.689. The fourth-order valence-electron chi connectivity index (χ4n) is 3.77. The molecule has 4 rings (SSSR count). The number of nitrogens with zero attached hydrogens (tertiary/aromatic N) is 1. The fraction of sp³-hybridized carbons (Fsp3) is 0.200. The maximum Gasteiger partial charge on any atom is 0.251 e. The van der Waals surface area contributed by atoms with Crippen LogP contribution in [0.4, 0.5) is 4.39 Å². The van der Waals surface area contributed by atoms with Gasteiger partial charge >= 0.3 is 0 Å². The molecule has 7 heteroatoms. The molecule has 3 N–H and O–H groups in total. The van der Waals surface area contributed by atoms with Crippen LogP contribution in [-0.4, -0.2) is 40.7 Å². The molecule has 0 spiro atoms. The standard InChI is InChI=1S/C25H24FN3O3/c1-15-9-17(12-23(28-15)16-7-8-24(32-2)21(26)11-16)25(31)29-19(14-30)10-18-13-27-22-6-4-3-5-20(18)22/h3-9,11-13,19,27,30H,10,14H2,1-2H3,(H,29,31)/t19-/m1/s1. The Bertz CT molecular complexity index is 1270. The van der Waals surface area contributed by atoms with Gasteiger partial charge in [0.15, 0.2) is 11.6 Å². The number of hydrogen-bond donors (Lipinski definition) is 3. The van der Waals surface area contributed by atoms with E-state index in [2.05, 4.69) is 15.3 Å². The number of pyridine rings is 1. The molecule has 1 amide bonds. The van der Waals surface area contributed by atoms with Crippen LogP contribution in [0.3, 0.4) is 0 Å². The summed E-state index contributed by atoms with van der Waals surface area (Å²) in [6.07, 6.45) is 2.37. The van der Waals surface area contributed by atoms with Crippen LogP contribution in [0.5, 0.6) is 5.75 Å². The highest BCUT2D eigenvalue weighted by atomic mass is 19.1. The number of halogens is 1. The van der Waals surface area contributed by atoms with E-state index in [9.17, 15) is 14.3 Å². The van der Waals surface area contributed by atoms with Gasteiger partial charge in [0.2, 0.25) is 0 Å². The lowest BCUT2D eigenvalue weighted by Crippen LogP contribution is -2.39. The number of aromatic nitrogens is 2. The molecule has 4 aromatic rings. The average Bonchev–Trinajstić information content (AvgIpc) is 3.21. The van der Waals surface area contributed by atoms with E-state index in [0.717, 1.165) is 16.5 Å². The van der Waals surface area contributed by atoms with Crippen LogP contribution in [0, 0.1) is 12.7 Å². The molecule has 0 saturated heterocycles. The number of fused-ring (bicyclic) bond motifs is 1. The fourth-order valence-corrected chi connectivity index (χ4v) is 3.77. The number of rotatable bonds is 7. The maximum absolute atomic E-state index is 14.1. The Morgan fingerprint density at radius 2 is 2.03 bits per heavy atom. The third kappa shape index (κ3) is 4.48. The smallest absolute Gasteiger partial charge is 0.251 e. The second-order valence-corrected chi connectivity index (χ2v) is 7.65. The van der Waals surface area contributed by atoms with Gasteiger partial charge in [-0.25, -0.2) is 4.39 Å². The highest BCUT2D eigenvalue weighted by Gasteiger charge is 2.17. The van der Waals surface area contributed by atoms with Crippen molar-refractivity contribution in [2.75, 3.05) is 13.7 Å². The molecule has 0 aliphatic rings. The summed E-state index contributed by atoms with van der Waals surface area (Å²) >= 11 is 0. The predicted octanol–water partition coefficient (Wildman–Crippen LogP) is 4.02. The second kappa shape index (κ2) is 9.20. The lowest BCUT2D eigenvalue weighted by Gasteiger charge is -2.17. The SMILES string of the molecule is COc1ccc(-c2cc(C(=O)N[C@@H](CO)Cc3c[nH]c4ccccc34)cc(C)n2)cc1F. The van der Waals surface area contributed by atoms with E-state index < -0.39 is 11.9 Å². The zero-order valence-electron chi connectivity index (χ0n) is 17.9. The Hall–Kier alpha value is -3.71. The minimum absolute atomic E-state index is 0.141. The van der Waals surface area contributed by atoms with E-state index in [4.69, 9.17) is 4.74 Å². The summed E-state index contributed by atoms with van der Waals surface area (Å²) in [5, 5.41) is 13.8. The number of amides is 1. The van der Waals surface area contributed by atoms with Crippen LogP contribution in [0.15, 0.2) is 60.8 Å². The number of ether oxygens (including phenoxy) is 1. The van der Waals surface area contributed by atoms with Gasteiger partial charge in [-0.1, -0.05) is 18.2 Å². The van der Waals surface area contributed by atoms with Gasteiger partial charge in [0, 0.05) is 33.9 Å². The molecular weight excluding hydrogens is 409 g/mol. The molecule has 0 unspecified atom stereocenters. The first-order chi connectivity index (χ1) is 15.5. The van der Waals surface area contributed by atoms with Crippen molar-refractivity contribution in [3.8, 4) is 17.0 Å². The van der Waals surface area contributed by atoms with Gasteiger partial charge in [-0.05, 0) is 55.3 Å². The molecule has 0 saturated carbocycles. The van der Waals surface area contributed by atoms with E-state index in [-0.39, 0.29) is 18.3 Å². The average molecular weight is 433 g/mol. The number of carbonyl (C=O) groups excluding carboxylic acids is 1. The predicted molar refractivity (Wildman–Crippen MR) is 121 cm³/mol. The number of nitrogens with one attached hydrogen (secondary N) is 2. The zero-order chi connectivity index (χ0) is 22.7. The highest BCUT2D eigenvalue weighted by molar-refractivity contribution is 5.95. The van der Waals surface area contributed by atoms with Crippen LogP contribution in [-0.2, 0) is 6.42 Å². The molecule has 1 atom stereocenters. The van der Waals surface area contributed by atoms with E-state index >= 15 is 0 Å². The number of aliphatic hydroxyl groups is 1. The van der Waals surface area contributed by atoms with E-state index in [1.807, 2.05) is 30.5 Å². The molecule has 0 aliphatic heterocycles. The van der Waals surface area contributed by atoms with Gasteiger partial charge in [0.05, 0.1) is 25.5 Å². The summed E-state index contributed by atoms with van der Waals surface area (Å²) in [6, 6.07) is 15.3. The highest BCUT2D eigenvalue weighted by Crippen LogP contribution is 2.25. The monoisotopic (exact) mass is 433 g/mol. The molecule has 32 heavy (non-hydrogen) atoms. The number of methoxy groups -OCH3 is 1. The molecule has 2 aromatic heterocycles. The van der Waals surface area contributed by atoms with Crippen molar-refractivity contribution in [1.29, 1.82) is 0 Å². The van der Waals surface area contributed by atoms with Gasteiger partial charge in [0.1, 0.15) is 0 Å². The van der Waals surface area contributed by atoms with Crippen molar-refractivity contribution in [2.45, 2.75) is 19.4 Å². The van der Waals surface area contributed by atoms with Crippen molar-refractivity contribution in [2.24, 2.45) is 0 Å². The van der Waals surface area contributed by atoms with Crippen LogP contribution in [0.1, 0.15) is 21.6 Å². The number of aryl methyl sites for hydroxylation is 1. The minimum atomic E-state index is -0.501. The Morgan fingerprint density at radius 3 is 2.78 bits per heavy atom. The third-order valence-electron chi connectivity index (χ3n) is 5.36. The summed E-state index contributed by atoms with van der Waals surface area (Å²) in [5.41, 5.74) is 4.06. The maximum atomic E-state index is 14.1. The van der Waals surface area contributed by atoms with E-state index in [1.165, 1.54) is 19.2 Å². The van der Waals surface area contributed by atoms with Gasteiger partial charge in [-0.3, -0.25) is 9.78 Å². The van der Waals surface area contributed by atoms with Crippen molar-refractivity contribution in [1.82, 2.24) is 15.3 Å². The quantitative estimate of drug-likeness (QED) is 0.411. The molecule has 164 valence electrons. The van der Waals surface area contributed by atoms with Crippen molar-refractivity contribution < 1.29 is 19.0 Å². The topological polar surface area (TPSA) is 87.2 Å². The minimum Gasteiger partial charge on any atom is -0.494 e. The van der Waals surface area contributed by atoms with Crippen molar-refractivity contribution in [3.63, 3.8) is 0 Å². The van der Waals surface area contributed by atoms with Gasteiger partial charge in [0.25, 0.3) is 5.91 Å². The number of carbonyl (C=O) groups is 1. The number of benzene rings is 2.